The monoisotopic (exact) mass is 313 g/mol. The molecule has 3 amide bonds. The van der Waals surface area contributed by atoms with Crippen molar-refractivity contribution in [3.63, 3.8) is 0 Å². The lowest BCUT2D eigenvalue weighted by molar-refractivity contribution is -0.126. The van der Waals surface area contributed by atoms with E-state index in [-0.39, 0.29) is 5.91 Å². The molecule has 1 aromatic heterocycles. The topological polar surface area (TPSA) is 79.3 Å². The molecule has 0 saturated carbocycles. The lowest BCUT2D eigenvalue weighted by Gasteiger charge is -2.34. The Morgan fingerprint density at radius 3 is 2.74 bits per heavy atom. The number of imide groups is 1. The molecule has 1 atom stereocenters. The van der Waals surface area contributed by atoms with E-state index in [1.54, 1.807) is 6.20 Å². The van der Waals surface area contributed by atoms with Gasteiger partial charge in [-0.1, -0.05) is 30.3 Å². The number of aromatic nitrogens is 2. The van der Waals surface area contributed by atoms with Gasteiger partial charge in [0.05, 0.1) is 6.54 Å². The summed E-state index contributed by atoms with van der Waals surface area (Å²) in [5, 5.41) is 4.80. The number of benzene rings is 1. The molecular formula is C16H19N5O2. The molecule has 7 nitrogen and oxygen atoms in total. The van der Waals surface area contributed by atoms with Crippen molar-refractivity contribution >= 4 is 11.9 Å². The second-order valence-electron chi connectivity index (χ2n) is 5.39. The highest BCUT2D eigenvalue weighted by atomic mass is 16.2. The summed E-state index contributed by atoms with van der Waals surface area (Å²) in [7, 11) is 1.48. The number of nitrogens with zero attached hydrogens (tertiary/aromatic N) is 3. The molecule has 2 N–H and O–H groups in total. The molecule has 0 saturated heterocycles. The molecule has 0 spiro atoms. The smallest absolute Gasteiger partial charge is 0.321 e. The van der Waals surface area contributed by atoms with Crippen molar-refractivity contribution in [2.75, 3.05) is 13.6 Å². The van der Waals surface area contributed by atoms with Gasteiger partial charge < -0.3 is 9.88 Å². The fraction of sp³-hybridized carbons (Fsp3) is 0.312. The second kappa shape index (κ2) is 6.62. The maximum Gasteiger partial charge on any atom is 0.321 e. The van der Waals surface area contributed by atoms with Crippen molar-refractivity contribution in [2.24, 2.45) is 0 Å². The molecular weight excluding hydrogens is 294 g/mol. The van der Waals surface area contributed by atoms with Crippen LogP contribution in [0, 0.1) is 0 Å². The van der Waals surface area contributed by atoms with Gasteiger partial charge in [0.15, 0.2) is 0 Å². The van der Waals surface area contributed by atoms with Crippen LogP contribution in [0.25, 0.3) is 0 Å². The van der Waals surface area contributed by atoms with Crippen LogP contribution < -0.4 is 10.6 Å². The van der Waals surface area contributed by atoms with E-state index in [1.165, 1.54) is 7.05 Å². The maximum atomic E-state index is 12.6. The molecule has 2 heterocycles. The third kappa shape index (κ3) is 3.24. The van der Waals surface area contributed by atoms with Gasteiger partial charge >= 0.3 is 6.03 Å². The van der Waals surface area contributed by atoms with Gasteiger partial charge in [0.25, 0.3) is 0 Å². The first-order valence-electron chi connectivity index (χ1n) is 7.50. The summed E-state index contributed by atoms with van der Waals surface area (Å²) >= 11 is 0. The molecule has 0 radical (unpaired) electrons. The first kappa shape index (κ1) is 15.2. The van der Waals surface area contributed by atoms with Crippen molar-refractivity contribution < 1.29 is 9.59 Å². The maximum absolute atomic E-state index is 12.6. The Bertz CT molecular complexity index is 698. The van der Waals surface area contributed by atoms with Crippen LogP contribution in [-0.4, -0.2) is 40.0 Å². The van der Waals surface area contributed by atoms with Crippen LogP contribution in [0.2, 0.25) is 0 Å². The van der Waals surface area contributed by atoms with Gasteiger partial charge in [0.1, 0.15) is 11.9 Å². The van der Waals surface area contributed by atoms with E-state index < -0.39 is 12.1 Å². The van der Waals surface area contributed by atoms with Gasteiger partial charge in [-0.3, -0.25) is 15.0 Å². The summed E-state index contributed by atoms with van der Waals surface area (Å²) in [6.07, 6.45) is 3.70. The molecule has 2 aromatic rings. The Labute approximate surface area is 134 Å². The number of rotatable bonds is 3. The molecule has 3 rings (SSSR count). The summed E-state index contributed by atoms with van der Waals surface area (Å²) in [6, 6.07) is 8.44. The summed E-state index contributed by atoms with van der Waals surface area (Å²) in [4.78, 5) is 30.5. The molecule has 0 unspecified atom stereocenters. The third-order valence-corrected chi connectivity index (χ3v) is 3.97. The number of hydrogen-bond donors (Lipinski definition) is 2. The van der Waals surface area contributed by atoms with Gasteiger partial charge in [-0.05, 0) is 5.56 Å². The highest BCUT2D eigenvalue weighted by Crippen LogP contribution is 2.25. The molecule has 1 aromatic carbocycles. The minimum atomic E-state index is -0.529. The zero-order valence-corrected chi connectivity index (χ0v) is 12.9. The summed E-state index contributed by atoms with van der Waals surface area (Å²) in [6.45, 7) is 2.05. The van der Waals surface area contributed by atoms with Crippen molar-refractivity contribution in [3.05, 3.63) is 54.1 Å². The first-order valence-corrected chi connectivity index (χ1v) is 7.50. The van der Waals surface area contributed by atoms with Gasteiger partial charge in [0.2, 0.25) is 5.91 Å². The van der Waals surface area contributed by atoms with E-state index in [1.807, 2.05) is 41.4 Å². The van der Waals surface area contributed by atoms with Crippen molar-refractivity contribution in [2.45, 2.75) is 19.1 Å². The highest BCUT2D eigenvalue weighted by molar-refractivity contribution is 5.97. The predicted octanol–water partition coefficient (Wildman–Crippen LogP) is 0.896. The van der Waals surface area contributed by atoms with Crippen LogP contribution in [0.15, 0.2) is 42.7 Å². The van der Waals surface area contributed by atoms with E-state index in [0.717, 1.165) is 17.9 Å². The molecule has 1 aliphatic rings. The Kier molecular flexibility index (Phi) is 4.38. The SMILES string of the molecule is CNC(=O)NC(=O)[C@@H](c1ccccc1)N1CCn2ccnc2C1. The molecule has 0 aliphatic carbocycles. The zero-order valence-electron chi connectivity index (χ0n) is 12.9. The lowest BCUT2D eigenvalue weighted by atomic mass is 10.0. The fourth-order valence-electron chi connectivity index (χ4n) is 2.82. The Morgan fingerprint density at radius 1 is 1.22 bits per heavy atom. The van der Waals surface area contributed by atoms with E-state index in [4.69, 9.17) is 0 Å². The molecule has 7 heteroatoms. The minimum absolute atomic E-state index is 0.337. The van der Waals surface area contributed by atoms with Crippen LogP contribution in [-0.2, 0) is 17.9 Å². The van der Waals surface area contributed by atoms with E-state index in [0.29, 0.717) is 13.1 Å². The number of amides is 3. The molecule has 0 bridgehead atoms. The third-order valence-electron chi connectivity index (χ3n) is 3.97. The van der Waals surface area contributed by atoms with Crippen LogP contribution in [0.5, 0.6) is 0 Å². The minimum Gasteiger partial charge on any atom is -0.341 e. The number of carbonyl (C=O) groups is 2. The van der Waals surface area contributed by atoms with Crippen LogP contribution in [0.4, 0.5) is 4.79 Å². The van der Waals surface area contributed by atoms with E-state index >= 15 is 0 Å². The van der Waals surface area contributed by atoms with Crippen LogP contribution in [0.1, 0.15) is 17.4 Å². The van der Waals surface area contributed by atoms with Crippen molar-refractivity contribution in [3.8, 4) is 0 Å². The number of nitrogens with one attached hydrogen (secondary N) is 2. The van der Waals surface area contributed by atoms with Gasteiger partial charge in [-0.25, -0.2) is 9.78 Å². The molecule has 0 fully saturated rings. The zero-order chi connectivity index (χ0) is 16.2. The Hall–Kier alpha value is -2.67. The number of imidazole rings is 1. The highest BCUT2D eigenvalue weighted by Gasteiger charge is 2.31. The van der Waals surface area contributed by atoms with Gasteiger partial charge in [-0.2, -0.15) is 0 Å². The van der Waals surface area contributed by atoms with Crippen molar-refractivity contribution in [1.82, 2.24) is 25.1 Å². The number of carbonyl (C=O) groups excluding carboxylic acids is 2. The van der Waals surface area contributed by atoms with Crippen LogP contribution >= 0.6 is 0 Å². The normalized spacial score (nSPS) is 15.5. The van der Waals surface area contributed by atoms with Gasteiger partial charge in [0, 0.05) is 32.5 Å². The average Bonchev–Trinajstić information content (AvgIpc) is 3.03. The predicted molar refractivity (Wildman–Crippen MR) is 84.4 cm³/mol. The first-order chi connectivity index (χ1) is 11.2. The Balaban J connectivity index is 1.87. The molecule has 1 aliphatic heterocycles. The molecule has 120 valence electrons. The Morgan fingerprint density at radius 2 is 2.00 bits per heavy atom. The summed E-state index contributed by atoms with van der Waals surface area (Å²) in [5.41, 5.74) is 0.855. The van der Waals surface area contributed by atoms with E-state index in [2.05, 4.69) is 20.2 Å². The van der Waals surface area contributed by atoms with Gasteiger partial charge in [-0.15, -0.1) is 0 Å². The summed E-state index contributed by atoms with van der Waals surface area (Å²) in [5.74, 6) is 0.584. The van der Waals surface area contributed by atoms with E-state index in [9.17, 15) is 9.59 Å². The lowest BCUT2D eigenvalue weighted by Crippen LogP contribution is -2.47. The summed E-state index contributed by atoms with van der Waals surface area (Å²) < 4.78 is 2.08. The number of urea groups is 1. The largest absolute Gasteiger partial charge is 0.341 e. The number of fused-ring (bicyclic) bond motifs is 1. The van der Waals surface area contributed by atoms with Crippen LogP contribution in [0.3, 0.4) is 0 Å². The molecule has 23 heavy (non-hydrogen) atoms. The standard InChI is InChI=1S/C16H19N5O2/c1-17-16(23)19-15(22)14(12-5-3-2-4-6-12)21-10-9-20-8-7-18-13(20)11-21/h2-8,14H,9-11H2,1H3,(H2,17,19,22,23)/t14-/m1/s1. The van der Waals surface area contributed by atoms with Crippen molar-refractivity contribution in [1.29, 1.82) is 0 Å². The second-order valence-corrected chi connectivity index (χ2v) is 5.39. The average molecular weight is 313 g/mol. The fourth-order valence-corrected chi connectivity index (χ4v) is 2.82. The quantitative estimate of drug-likeness (QED) is 0.882. The number of hydrogen-bond acceptors (Lipinski definition) is 4.